The van der Waals surface area contributed by atoms with Crippen molar-refractivity contribution in [2.45, 2.75) is 26.7 Å². The van der Waals surface area contributed by atoms with E-state index in [2.05, 4.69) is 24.8 Å². The van der Waals surface area contributed by atoms with E-state index in [-0.39, 0.29) is 0 Å². The summed E-state index contributed by atoms with van der Waals surface area (Å²) in [6.07, 6.45) is 2.39. The zero-order chi connectivity index (χ0) is 12.5. The summed E-state index contributed by atoms with van der Waals surface area (Å²) in [7, 11) is 0. The van der Waals surface area contributed by atoms with Crippen LogP contribution in [0.15, 0.2) is 18.2 Å². The van der Waals surface area contributed by atoms with Crippen molar-refractivity contribution in [1.82, 2.24) is 0 Å². The van der Waals surface area contributed by atoms with Gasteiger partial charge in [-0.2, -0.15) is 5.26 Å². The first-order chi connectivity index (χ1) is 8.14. The average Bonchev–Trinajstić information content (AvgIpc) is 2.29. The lowest BCUT2D eigenvalue weighted by Gasteiger charge is -2.51. The molecule has 1 aromatic rings. The van der Waals surface area contributed by atoms with E-state index < -0.39 is 0 Å². The van der Waals surface area contributed by atoms with Crippen molar-refractivity contribution >= 4 is 17.3 Å². The van der Waals surface area contributed by atoms with E-state index in [0.29, 0.717) is 10.4 Å². The van der Waals surface area contributed by atoms with Crippen molar-refractivity contribution in [3.05, 3.63) is 28.8 Å². The van der Waals surface area contributed by atoms with Gasteiger partial charge in [-0.25, -0.2) is 0 Å². The Morgan fingerprint density at radius 2 is 2.00 bits per heavy atom. The lowest BCUT2D eigenvalue weighted by Crippen LogP contribution is -2.56. The summed E-state index contributed by atoms with van der Waals surface area (Å²) in [5, 5.41) is 9.80. The molecule has 1 aliphatic rings. The van der Waals surface area contributed by atoms with Crippen LogP contribution in [0.2, 0.25) is 5.02 Å². The van der Waals surface area contributed by atoms with E-state index in [0.717, 1.165) is 24.3 Å². The monoisotopic (exact) mass is 248 g/mol. The molecule has 1 aliphatic heterocycles. The highest BCUT2D eigenvalue weighted by Crippen LogP contribution is 2.41. The van der Waals surface area contributed by atoms with Gasteiger partial charge in [0, 0.05) is 23.5 Å². The minimum atomic E-state index is 0.440. The second kappa shape index (κ2) is 4.58. The van der Waals surface area contributed by atoms with Crippen LogP contribution in [0, 0.1) is 16.7 Å². The predicted octanol–water partition coefficient (Wildman–Crippen LogP) is 3.84. The van der Waals surface area contributed by atoms with Crippen molar-refractivity contribution in [3.8, 4) is 6.07 Å². The summed E-state index contributed by atoms with van der Waals surface area (Å²) in [5.74, 6) is 0. The van der Waals surface area contributed by atoms with E-state index in [1.807, 2.05) is 6.07 Å². The quantitative estimate of drug-likeness (QED) is 0.813. The summed E-state index contributed by atoms with van der Waals surface area (Å²) < 4.78 is 0. The third kappa shape index (κ3) is 2.12. The van der Waals surface area contributed by atoms with Gasteiger partial charge < -0.3 is 4.90 Å². The second-order valence-corrected chi connectivity index (χ2v) is 5.27. The number of anilines is 1. The first kappa shape index (κ1) is 12.3. The first-order valence-corrected chi connectivity index (χ1v) is 6.46. The van der Waals surface area contributed by atoms with Crippen molar-refractivity contribution in [1.29, 1.82) is 5.26 Å². The van der Waals surface area contributed by atoms with Gasteiger partial charge in [-0.05, 0) is 31.0 Å². The highest BCUT2D eigenvalue weighted by atomic mass is 35.5. The Balaban J connectivity index is 2.21. The molecule has 1 aromatic carbocycles. The standard InChI is InChI=1S/C14H17ClN2/c1-3-14(4-2)9-17(10-14)13-7-12(15)6-5-11(13)8-16/h5-7H,3-4,9-10H2,1-2H3. The Hall–Kier alpha value is -1.20. The normalized spacial score (nSPS) is 17.4. The molecule has 0 spiro atoms. The Morgan fingerprint density at radius 1 is 1.35 bits per heavy atom. The van der Waals surface area contributed by atoms with Crippen LogP contribution in [0.3, 0.4) is 0 Å². The Morgan fingerprint density at radius 3 is 2.53 bits per heavy atom. The number of benzene rings is 1. The summed E-state index contributed by atoms with van der Waals surface area (Å²) in [4.78, 5) is 2.26. The van der Waals surface area contributed by atoms with Gasteiger partial charge in [-0.3, -0.25) is 0 Å². The third-order valence-corrected chi connectivity index (χ3v) is 4.21. The van der Waals surface area contributed by atoms with Gasteiger partial charge in [0.2, 0.25) is 0 Å². The van der Waals surface area contributed by atoms with Gasteiger partial charge in [-0.1, -0.05) is 25.4 Å². The maximum atomic E-state index is 9.10. The summed E-state index contributed by atoms with van der Waals surface area (Å²) in [6.45, 7) is 6.55. The van der Waals surface area contributed by atoms with Crippen LogP contribution >= 0.6 is 11.6 Å². The summed E-state index contributed by atoms with van der Waals surface area (Å²) in [5.41, 5.74) is 2.14. The minimum Gasteiger partial charge on any atom is -0.369 e. The molecule has 0 amide bonds. The van der Waals surface area contributed by atoms with Crippen molar-refractivity contribution < 1.29 is 0 Å². The van der Waals surface area contributed by atoms with Crippen LogP contribution in [0.25, 0.3) is 0 Å². The molecule has 0 aromatic heterocycles. The number of nitrogens with zero attached hydrogens (tertiary/aromatic N) is 2. The first-order valence-electron chi connectivity index (χ1n) is 6.09. The maximum absolute atomic E-state index is 9.10. The smallest absolute Gasteiger partial charge is 0.101 e. The molecule has 90 valence electrons. The SMILES string of the molecule is CCC1(CC)CN(c2cc(Cl)ccc2C#N)C1. The largest absolute Gasteiger partial charge is 0.369 e. The minimum absolute atomic E-state index is 0.440. The van der Waals surface area contributed by atoms with Crippen molar-refractivity contribution in [2.24, 2.45) is 5.41 Å². The van der Waals surface area contributed by atoms with Gasteiger partial charge in [0.25, 0.3) is 0 Å². The molecule has 1 fully saturated rings. The van der Waals surface area contributed by atoms with E-state index in [9.17, 15) is 0 Å². The molecular weight excluding hydrogens is 232 g/mol. The topological polar surface area (TPSA) is 27.0 Å². The van der Waals surface area contributed by atoms with Crippen LogP contribution in [-0.2, 0) is 0 Å². The fourth-order valence-corrected chi connectivity index (χ4v) is 2.66. The van der Waals surface area contributed by atoms with E-state index in [4.69, 9.17) is 16.9 Å². The van der Waals surface area contributed by atoms with Crippen molar-refractivity contribution in [3.63, 3.8) is 0 Å². The number of hydrogen-bond donors (Lipinski definition) is 0. The van der Waals surface area contributed by atoms with Crippen molar-refractivity contribution in [2.75, 3.05) is 18.0 Å². The third-order valence-electron chi connectivity index (χ3n) is 3.97. The summed E-state index contributed by atoms with van der Waals surface area (Å²) >= 11 is 6.00. The number of hydrogen-bond acceptors (Lipinski definition) is 2. The molecule has 0 radical (unpaired) electrons. The zero-order valence-corrected chi connectivity index (χ0v) is 11.1. The predicted molar refractivity (Wildman–Crippen MR) is 71.4 cm³/mol. The van der Waals surface area contributed by atoms with Gasteiger partial charge in [0.05, 0.1) is 11.3 Å². The van der Waals surface area contributed by atoms with Crippen LogP contribution in [-0.4, -0.2) is 13.1 Å². The van der Waals surface area contributed by atoms with Crippen LogP contribution < -0.4 is 4.90 Å². The van der Waals surface area contributed by atoms with Crippen LogP contribution in [0.1, 0.15) is 32.3 Å². The second-order valence-electron chi connectivity index (χ2n) is 4.84. The van der Waals surface area contributed by atoms with Gasteiger partial charge in [0.15, 0.2) is 0 Å². The summed E-state index contributed by atoms with van der Waals surface area (Å²) in [6, 6.07) is 7.71. The number of halogens is 1. The van der Waals surface area contributed by atoms with Gasteiger partial charge in [-0.15, -0.1) is 0 Å². The fraction of sp³-hybridized carbons (Fsp3) is 0.500. The lowest BCUT2D eigenvalue weighted by atomic mass is 9.75. The molecule has 2 rings (SSSR count). The Bertz CT molecular complexity index is 450. The lowest BCUT2D eigenvalue weighted by molar-refractivity contribution is 0.194. The highest BCUT2D eigenvalue weighted by molar-refractivity contribution is 6.30. The van der Waals surface area contributed by atoms with E-state index >= 15 is 0 Å². The Labute approximate surface area is 108 Å². The molecule has 2 nitrogen and oxygen atoms in total. The maximum Gasteiger partial charge on any atom is 0.101 e. The number of nitriles is 1. The number of rotatable bonds is 3. The highest BCUT2D eigenvalue weighted by Gasteiger charge is 2.40. The molecule has 0 aliphatic carbocycles. The van der Waals surface area contributed by atoms with Crippen LogP contribution in [0.4, 0.5) is 5.69 Å². The molecular formula is C14H17ClN2. The molecule has 3 heteroatoms. The zero-order valence-electron chi connectivity index (χ0n) is 10.3. The average molecular weight is 249 g/mol. The molecule has 1 saturated heterocycles. The van der Waals surface area contributed by atoms with E-state index in [1.54, 1.807) is 12.1 Å². The Kier molecular flexibility index (Phi) is 3.31. The molecule has 17 heavy (non-hydrogen) atoms. The van der Waals surface area contributed by atoms with Gasteiger partial charge in [0.1, 0.15) is 6.07 Å². The van der Waals surface area contributed by atoms with Crippen LogP contribution in [0.5, 0.6) is 0 Å². The molecule has 0 N–H and O–H groups in total. The molecule has 0 saturated carbocycles. The van der Waals surface area contributed by atoms with Gasteiger partial charge >= 0.3 is 0 Å². The van der Waals surface area contributed by atoms with E-state index in [1.165, 1.54) is 12.8 Å². The molecule has 1 heterocycles. The molecule has 0 unspecified atom stereocenters. The molecule has 0 atom stereocenters. The molecule has 0 bridgehead atoms. The fourth-order valence-electron chi connectivity index (χ4n) is 2.49.